The average Bonchev–Trinajstić information content (AvgIpc) is 4.26. The minimum atomic E-state index is -4.58. The average molecular weight is 1160 g/mol. The number of carbonyl (C=O) groups excluding carboxylic acids is 5. The lowest BCUT2D eigenvalue weighted by Gasteiger charge is -2.32. The predicted molar refractivity (Wildman–Crippen MR) is 287 cm³/mol. The second kappa shape index (κ2) is 25.0. The third kappa shape index (κ3) is 17.5. The molecule has 3 atom stereocenters. The zero-order valence-corrected chi connectivity index (χ0v) is 47.7. The Bertz CT molecular complexity index is 2850. The second-order valence-electron chi connectivity index (χ2n) is 22.3. The Balaban J connectivity index is 0.000000194. The maximum Gasteiger partial charge on any atom is 0.496 e. The van der Waals surface area contributed by atoms with E-state index in [9.17, 15) is 37.1 Å². The van der Waals surface area contributed by atoms with Gasteiger partial charge in [0, 0.05) is 91.5 Å². The molecule has 79 heavy (non-hydrogen) atoms. The number of amides is 5. The highest BCUT2D eigenvalue weighted by atomic mass is 79.9. The van der Waals surface area contributed by atoms with E-state index < -0.39 is 47.3 Å². The number of pyridine rings is 3. The van der Waals surface area contributed by atoms with Gasteiger partial charge in [-0.3, -0.25) is 24.4 Å². The highest BCUT2D eigenvalue weighted by Gasteiger charge is 2.52. The lowest BCUT2D eigenvalue weighted by Crippen LogP contribution is -2.41. The fourth-order valence-corrected chi connectivity index (χ4v) is 8.43. The predicted octanol–water partition coefficient (Wildman–Crippen LogP) is 6.85. The first-order valence-electron chi connectivity index (χ1n) is 25.6. The number of rotatable bonds is 8. The highest BCUT2D eigenvalue weighted by molar-refractivity contribution is 9.10. The molecule has 0 aliphatic carbocycles. The van der Waals surface area contributed by atoms with E-state index in [-0.39, 0.29) is 59.3 Å². The van der Waals surface area contributed by atoms with E-state index in [2.05, 4.69) is 56.8 Å². The molecule has 0 spiro atoms. The number of nitrogens with one attached hydrogen (secondary N) is 3. The molecule has 4 aliphatic heterocycles. The van der Waals surface area contributed by atoms with Crippen LogP contribution in [0.2, 0.25) is 0 Å². The molecule has 21 nitrogen and oxygen atoms in total. The Morgan fingerprint density at radius 3 is 1.54 bits per heavy atom. The van der Waals surface area contributed by atoms with Gasteiger partial charge in [-0.25, -0.2) is 24.5 Å². The number of aromatic nitrogens is 5. The summed E-state index contributed by atoms with van der Waals surface area (Å²) in [6.07, 6.45) is 3.29. The number of nitrogens with zero attached hydrogens (tertiary/aromatic N) is 9. The molecule has 4 aromatic heterocycles. The number of nitriles is 1. The van der Waals surface area contributed by atoms with Crippen LogP contribution in [0.4, 0.5) is 22.8 Å². The van der Waals surface area contributed by atoms with Crippen molar-refractivity contribution in [2.75, 3.05) is 39.3 Å². The minimum absolute atomic E-state index is 0.00933. The van der Waals surface area contributed by atoms with E-state index in [0.717, 1.165) is 16.0 Å². The molecule has 5 amide bonds. The standard InChI is InChI=1S/C21H32BN3O5.C17H15F3N6O.C15H20BrN3O3/c1-19(2,3)28-18(27)25-11-10-15(13-25)24-17(26)16-9-8-14(12-23-16)22-29-20(4,5)21(6,7)30-22;1-10-23-14(6-15(24-10)17(18,19)20)11-2-3-13(22-7-11)16(27)25-12-4-5-26(8-12)9-21;1-15(2,3)22-14(21)19-7-6-11(9-19)18-13(20)12-5-4-10(16)8-17-12/h8-9,12,15H,10-11,13H2,1-7H3,(H,24,26);2-3,6-7,12H,4-5,8H2,1H3,(H,25,27);4-5,8,11H,6-7,9H2,1-3H3,(H,18,20)/t15-;12-;11-/m111/s1. The van der Waals surface area contributed by atoms with Crippen molar-refractivity contribution in [2.24, 2.45) is 0 Å². The van der Waals surface area contributed by atoms with Gasteiger partial charge in [-0.1, -0.05) is 6.07 Å². The number of aryl methyl sites for hydroxylation is 1. The van der Waals surface area contributed by atoms with Crippen molar-refractivity contribution >= 4 is 58.4 Å². The fraction of sp³-hybridized carbons (Fsp3) is 0.528. The maximum absolute atomic E-state index is 12.9. The largest absolute Gasteiger partial charge is 0.496 e. The van der Waals surface area contributed by atoms with Crippen LogP contribution < -0.4 is 21.4 Å². The summed E-state index contributed by atoms with van der Waals surface area (Å²) in [7, 11) is -0.517. The number of ether oxygens (including phenoxy) is 2. The Kier molecular flexibility index (Phi) is 19.4. The lowest BCUT2D eigenvalue weighted by atomic mass is 9.80. The molecule has 4 aliphatic rings. The molecule has 424 valence electrons. The van der Waals surface area contributed by atoms with Crippen LogP contribution in [0.5, 0.6) is 0 Å². The number of likely N-dealkylation sites (tertiary alicyclic amines) is 3. The van der Waals surface area contributed by atoms with Crippen molar-refractivity contribution in [3.63, 3.8) is 0 Å². The van der Waals surface area contributed by atoms with Gasteiger partial charge in [-0.2, -0.15) is 18.4 Å². The van der Waals surface area contributed by atoms with E-state index in [1.54, 1.807) is 51.4 Å². The molecule has 4 saturated heterocycles. The van der Waals surface area contributed by atoms with Gasteiger partial charge >= 0.3 is 25.5 Å². The van der Waals surface area contributed by atoms with E-state index in [1.165, 1.54) is 25.3 Å². The van der Waals surface area contributed by atoms with Crippen molar-refractivity contribution in [3.8, 4) is 17.5 Å². The lowest BCUT2D eigenvalue weighted by molar-refractivity contribution is -0.141. The van der Waals surface area contributed by atoms with Crippen LogP contribution in [0.1, 0.15) is 131 Å². The topological polar surface area (TPSA) is 256 Å². The van der Waals surface area contributed by atoms with Gasteiger partial charge in [0.25, 0.3) is 17.7 Å². The van der Waals surface area contributed by atoms with Crippen LogP contribution in [-0.4, -0.2) is 156 Å². The van der Waals surface area contributed by atoms with Crippen molar-refractivity contribution in [2.45, 2.75) is 142 Å². The fourth-order valence-electron chi connectivity index (χ4n) is 8.20. The van der Waals surface area contributed by atoms with Crippen LogP contribution in [-0.2, 0) is 25.0 Å². The molecule has 4 fully saturated rings. The molecule has 0 unspecified atom stereocenters. The molecule has 4 aromatic rings. The van der Waals surface area contributed by atoms with E-state index in [4.69, 9.17) is 24.0 Å². The molecule has 0 saturated carbocycles. The van der Waals surface area contributed by atoms with E-state index in [0.29, 0.717) is 75.5 Å². The Hall–Kier alpha value is -6.98. The van der Waals surface area contributed by atoms with E-state index >= 15 is 0 Å². The molecule has 0 bridgehead atoms. The minimum Gasteiger partial charge on any atom is -0.444 e. The zero-order valence-electron chi connectivity index (χ0n) is 46.2. The van der Waals surface area contributed by atoms with Gasteiger partial charge in [0.15, 0.2) is 6.19 Å². The van der Waals surface area contributed by atoms with Gasteiger partial charge in [0.1, 0.15) is 39.8 Å². The molecule has 0 aromatic carbocycles. The van der Waals surface area contributed by atoms with Crippen molar-refractivity contribution in [1.29, 1.82) is 5.26 Å². The monoisotopic (exact) mass is 1160 g/mol. The van der Waals surface area contributed by atoms with Crippen molar-refractivity contribution in [1.82, 2.24) is 55.6 Å². The smallest absolute Gasteiger partial charge is 0.444 e. The molecule has 26 heteroatoms. The number of halogens is 4. The Morgan fingerprint density at radius 2 is 1.14 bits per heavy atom. The summed E-state index contributed by atoms with van der Waals surface area (Å²) in [6, 6.07) is 10.3. The molecule has 3 N–H and O–H groups in total. The quantitative estimate of drug-likeness (QED) is 0.120. The van der Waals surface area contributed by atoms with Crippen LogP contribution in [0.15, 0.2) is 65.5 Å². The van der Waals surface area contributed by atoms with Crippen LogP contribution in [0, 0.1) is 18.4 Å². The summed E-state index contributed by atoms with van der Waals surface area (Å²) >= 11 is 3.28. The first-order chi connectivity index (χ1) is 36.8. The third-order valence-corrected chi connectivity index (χ3v) is 13.4. The second-order valence-corrected chi connectivity index (χ2v) is 23.2. The molecular weight excluding hydrogens is 1100 g/mol. The normalized spacial score (nSPS) is 19.5. The van der Waals surface area contributed by atoms with Gasteiger partial charge in [0.05, 0.1) is 16.9 Å². The Morgan fingerprint density at radius 1 is 0.684 bits per heavy atom. The summed E-state index contributed by atoms with van der Waals surface area (Å²) in [6.45, 7) is 23.4. The van der Waals surface area contributed by atoms with Gasteiger partial charge in [-0.05, 0) is 148 Å². The Labute approximate surface area is 466 Å². The van der Waals surface area contributed by atoms with Gasteiger partial charge in [0.2, 0.25) is 0 Å². The zero-order chi connectivity index (χ0) is 58.3. The first kappa shape index (κ1) is 61.2. The van der Waals surface area contributed by atoms with Gasteiger partial charge < -0.3 is 49.4 Å². The highest BCUT2D eigenvalue weighted by Crippen LogP contribution is 2.36. The number of hydrogen-bond donors (Lipinski definition) is 3. The van der Waals surface area contributed by atoms with Gasteiger partial charge in [-0.15, -0.1) is 0 Å². The number of hydrogen-bond acceptors (Lipinski definition) is 16. The summed E-state index contributed by atoms with van der Waals surface area (Å²) < 4.78 is 62.3. The summed E-state index contributed by atoms with van der Waals surface area (Å²) in [5.41, 5.74) is -0.958. The van der Waals surface area contributed by atoms with Crippen molar-refractivity contribution < 1.29 is 55.9 Å². The molecule has 8 rings (SSSR count). The maximum atomic E-state index is 12.9. The van der Waals surface area contributed by atoms with E-state index in [1.807, 2.05) is 75.4 Å². The summed E-state index contributed by atoms with van der Waals surface area (Å²) in [5, 5.41) is 17.5. The summed E-state index contributed by atoms with van der Waals surface area (Å²) in [4.78, 5) is 85.6. The van der Waals surface area contributed by atoms with Crippen LogP contribution >= 0.6 is 15.9 Å². The van der Waals surface area contributed by atoms with Crippen LogP contribution in [0.3, 0.4) is 0 Å². The number of alkyl halides is 3. The number of carbonyl (C=O) groups is 5. The van der Waals surface area contributed by atoms with Crippen LogP contribution in [0.25, 0.3) is 11.3 Å². The molecule has 8 heterocycles. The summed E-state index contributed by atoms with van der Waals surface area (Å²) in [5.74, 6) is -0.916. The SMILES string of the molecule is CC(C)(C)OC(=O)N1CC[C@@H](NC(=O)c2ccc(B3OC(C)(C)C(C)(C)O3)cn2)C1.CC(C)(C)OC(=O)N1CC[C@@H](NC(=O)c2ccc(Br)cn2)C1.Cc1nc(-c2ccc(C(=O)N[C@@H]3CCN(C#N)C3)nc2)cc(C(F)(F)F)n1. The first-order valence-corrected chi connectivity index (χ1v) is 26.4. The molecular formula is C53H67BBrF3N12O9. The van der Waals surface area contributed by atoms with Crippen molar-refractivity contribution in [3.05, 3.63) is 94.1 Å². The third-order valence-electron chi connectivity index (χ3n) is 12.9. The molecule has 0 radical (unpaired) electrons.